The Kier molecular flexibility index (Phi) is 4.65. The minimum absolute atomic E-state index is 0.255. The molecule has 2 heterocycles. The normalized spacial score (nSPS) is 13.4. The minimum atomic E-state index is -0.255. The van der Waals surface area contributed by atoms with Gasteiger partial charge in [-0.1, -0.05) is 6.07 Å². The molecule has 2 N–H and O–H groups in total. The highest BCUT2D eigenvalue weighted by atomic mass is 16.5. The molecule has 7 heteroatoms. The Morgan fingerprint density at radius 1 is 1.26 bits per heavy atom. The van der Waals surface area contributed by atoms with Gasteiger partial charge >= 0.3 is 0 Å². The molecule has 1 amide bonds. The van der Waals surface area contributed by atoms with Gasteiger partial charge in [0.2, 0.25) is 5.88 Å². The van der Waals surface area contributed by atoms with E-state index >= 15 is 0 Å². The van der Waals surface area contributed by atoms with E-state index in [9.17, 15) is 4.79 Å². The molecule has 0 aliphatic heterocycles. The van der Waals surface area contributed by atoms with Gasteiger partial charge in [0, 0.05) is 25.9 Å². The fourth-order valence-corrected chi connectivity index (χ4v) is 1.96. The van der Waals surface area contributed by atoms with Crippen LogP contribution < -0.4 is 15.4 Å². The smallest absolute Gasteiger partial charge is 0.271 e. The molecule has 0 atom stereocenters. The lowest BCUT2D eigenvalue weighted by Crippen LogP contribution is -2.19. The van der Waals surface area contributed by atoms with Crippen LogP contribution in [0, 0.1) is 5.92 Å². The molecule has 0 aromatic carbocycles. The number of aromatic nitrogens is 3. The summed E-state index contributed by atoms with van der Waals surface area (Å²) in [5.41, 5.74) is 1.30. The van der Waals surface area contributed by atoms with Crippen LogP contribution in [0.2, 0.25) is 0 Å². The number of carbonyl (C=O) groups excluding carboxylic acids is 1. The van der Waals surface area contributed by atoms with Gasteiger partial charge in [-0.05, 0) is 36.5 Å². The van der Waals surface area contributed by atoms with Crippen molar-refractivity contribution in [3.05, 3.63) is 41.7 Å². The first-order chi connectivity index (χ1) is 11.2. The number of carbonyl (C=O) groups is 1. The van der Waals surface area contributed by atoms with E-state index in [2.05, 4.69) is 25.8 Å². The maximum atomic E-state index is 11.4. The van der Waals surface area contributed by atoms with Crippen LogP contribution in [0.3, 0.4) is 0 Å². The molecule has 0 saturated heterocycles. The molecule has 1 aliphatic rings. The first-order valence-corrected chi connectivity index (χ1v) is 7.62. The zero-order valence-corrected chi connectivity index (χ0v) is 13.0. The van der Waals surface area contributed by atoms with E-state index in [0.29, 0.717) is 18.2 Å². The van der Waals surface area contributed by atoms with Crippen molar-refractivity contribution >= 4 is 11.7 Å². The van der Waals surface area contributed by atoms with Crippen molar-refractivity contribution in [2.24, 2.45) is 5.92 Å². The van der Waals surface area contributed by atoms with Crippen molar-refractivity contribution in [3.8, 4) is 5.88 Å². The van der Waals surface area contributed by atoms with Gasteiger partial charge in [0.1, 0.15) is 5.82 Å². The summed E-state index contributed by atoms with van der Waals surface area (Å²) in [6, 6.07) is 7.19. The SMILES string of the molecule is CNC(=O)c1ccc(NCc2ccc(OCC3CC3)nc2)nn1. The van der Waals surface area contributed by atoms with Gasteiger partial charge in [0.25, 0.3) is 5.91 Å². The van der Waals surface area contributed by atoms with Crippen LogP contribution >= 0.6 is 0 Å². The van der Waals surface area contributed by atoms with Crippen LogP contribution in [0.1, 0.15) is 28.9 Å². The van der Waals surface area contributed by atoms with Gasteiger partial charge in [-0.15, -0.1) is 10.2 Å². The minimum Gasteiger partial charge on any atom is -0.477 e. The van der Waals surface area contributed by atoms with Crippen molar-refractivity contribution in [1.82, 2.24) is 20.5 Å². The number of hydrogen-bond acceptors (Lipinski definition) is 6. The Labute approximate surface area is 134 Å². The number of hydrogen-bond donors (Lipinski definition) is 2. The highest BCUT2D eigenvalue weighted by molar-refractivity contribution is 5.91. The molecule has 120 valence electrons. The molecule has 2 aromatic heterocycles. The van der Waals surface area contributed by atoms with Gasteiger partial charge in [-0.25, -0.2) is 4.98 Å². The summed E-state index contributed by atoms with van der Waals surface area (Å²) in [6.07, 6.45) is 4.31. The Hall–Kier alpha value is -2.70. The predicted molar refractivity (Wildman–Crippen MR) is 85.2 cm³/mol. The van der Waals surface area contributed by atoms with Gasteiger partial charge in [-0.3, -0.25) is 4.79 Å². The van der Waals surface area contributed by atoms with Crippen LogP contribution in [0.4, 0.5) is 5.82 Å². The molecule has 23 heavy (non-hydrogen) atoms. The van der Waals surface area contributed by atoms with Crippen molar-refractivity contribution in [1.29, 1.82) is 0 Å². The average Bonchev–Trinajstić information content (AvgIpc) is 3.43. The largest absolute Gasteiger partial charge is 0.477 e. The lowest BCUT2D eigenvalue weighted by molar-refractivity contribution is 0.0957. The summed E-state index contributed by atoms with van der Waals surface area (Å²) in [7, 11) is 1.56. The van der Waals surface area contributed by atoms with E-state index in [1.54, 1.807) is 25.4 Å². The lowest BCUT2D eigenvalue weighted by atomic mass is 10.3. The Morgan fingerprint density at radius 2 is 2.13 bits per heavy atom. The number of nitrogens with zero attached hydrogens (tertiary/aromatic N) is 3. The highest BCUT2D eigenvalue weighted by Crippen LogP contribution is 2.29. The highest BCUT2D eigenvalue weighted by Gasteiger charge is 2.21. The molecule has 0 spiro atoms. The van der Waals surface area contributed by atoms with Crippen LogP contribution in [0.25, 0.3) is 0 Å². The third kappa shape index (κ3) is 4.38. The van der Waals surface area contributed by atoms with E-state index < -0.39 is 0 Å². The summed E-state index contributed by atoms with van der Waals surface area (Å²) in [5.74, 6) is 1.73. The van der Waals surface area contributed by atoms with Gasteiger partial charge in [-0.2, -0.15) is 0 Å². The third-order valence-electron chi connectivity index (χ3n) is 3.56. The monoisotopic (exact) mass is 313 g/mol. The number of nitrogens with one attached hydrogen (secondary N) is 2. The van der Waals surface area contributed by atoms with Crippen LogP contribution in [0.5, 0.6) is 5.88 Å². The molecular formula is C16H19N5O2. The molecule has 1 aliphatic carbocycles. The third-order valence-corrected chi connectivity index (χ3v) is 3.56. The topological polar surface area (TPSA) is 89.0 Å². The summed E-state index contributed by atoms with van der Waals surface area (Å²) in [4.78, 5) is 15.7. The maximum absolute atomic E-state index is 11.4. The van der Waals surface area contributed by atoms with E-state index in [4.69, 9.17) is 4.74 Å². The quantitative estimate of drug-likeness (QED) is 0.807. The lowest BCUT2D eigenvalue weighted by Gasteiger charge is -2.07. The summed E-state index contributed by atoms with van der Waals surface area (Å²) in [6.45, 7) is 1.34. The Balaban J connectivity index is 1.50. The van der Waals surface area contributed by atoms with E-state index in [1.165, 1.54) is 12.8 Å². The summed E-state index contributed by atoms with van der Waals surface area (Å²) >= 11 is 0. The summed E-state index contributed by atoms with van der Waals surface area (Å²) < 4.78 is 5.60. The molecule has 1 saturated carbocycles. The zero-order valence-electron chi connectivity index (χ0n) is 13.0. The molecule has 0 bridgehead atoms. The van der Waals surface area contributed by atoms with Crippen LogP contribution in [0.15, 0.2) is 30.5 Å². The number of amides is 1. The van der Waals surface area contributed by atoms with Gasteiger partial charge in [0.15, 0.2) is 5.69 Å². The van der Waals surface area contributed by atoms with Crippen molar-refractivity contribution in [3.63, 3.8) is 0 Å². The second-order valence-corrected chi connectivity index (χ2v) is 5.50. The average molecular weight is 313 g/mol. The first kappa shape index (κ1) is 15.2. The number of pyridine rings is 1. The fraction of sp³-hybridized carbons (Fsp3) is 0.375. The van der Waals surface area contributed by atoms with Crippen molar-refractivity contribution in [2.75, 3.05) is 19.0 Å². The van der Waals surface area contributed by atoms with Crippen LogP contribution in [-0.4, -0.2) is 34.7 Å². The van der Waals surface area contributed by atoms with Gasteiger partial charge in [0.05, 0.1) is 6.61 Å². The first-order valence-electron chi connectivity index (χ1n) is 7.62. The Bertz CT molecular complexity index is 653. The molecule has 0 unspecified atom stereocenters. The number of ether oxygens (including phenoxy) is 1. The second-order valence-electron chi connectivity index (χ2n) is 5.50. The molecule has 1 fully saturated rings. The summed E-state index contributed by atoms with van der Waals surface area (Å²) in [5, 5.41) is 13.5. The molecule has 0 radical (unpaired) electrons. The Morgan fingerprint density at radius 3 is 2.74 bits per heavy atom. The maximum Gasteiger partial charge on any atom is 0.271 e. The van der Waals surface area contributed by atoms with Gasteiger partial charge < -0.3 is 15.4 Å². The molecule has 7 nitrogen and oxygen atoms in total. The molecule has 3 rings (SSSR count). The standard InChI is InChI=1S/C16H19N5O2/c1-17-16(22)13-5-6-14(21-20-13)18-8-12-4-7-15(19-9-12)23-10-11-2-3-11/h4-7,9,11H,2-3,8,10H2,1H3,(H,17,22)(H,18,21). The van der Waals surface area contributed by atoms with E-state index in [-0.39, 0.29) is 11.6 Å². The fourth-order valence-electron chi connectivity index (χ4n) is 1.96. The van der Waals surface area contributed by atoms with Crippen molar-refractivity contribution < 1.29 is 9.53 Å². The predicted octanol–water partition coefficient (Wildman–Crippen LogP) is 1.63. The zero-order chi connectivity index (χ0) is 16.1. The van der Waals surface area contributed by atoms with E-state index in [1.807, 2.05) is 12.1 Å². The molecular weight excluding hydrogens is 294 g/mol. The second kappa shape index (κ2) is 7.04. The molecule has 2 aromatic rings. The van der Waals surface area contributed by atoms with Crippen molar-refractivity contribution in [2.45, 2.75) is 19.4 Å². The van der Waals surface area contributed by atoms with Crippen LogP contribution in [-0.2, 0) is 6.54 Å². The number of anilines is 1. The number of rotatable bonds is 7. The van der Waals surface area contributed by atoms with E-state index in [0.717, 1.165) is 18.1 Å².